The van der Waals surface area contributed by atoms with Crippen LogP contribution in [0.15, 0.2) is 18.2 Å². The fraction of sp³-hybridized carbons (Fsp3) is 0.571. The summed E-state index contributed by atoms with van der Waals surface area (Å²) in [5.41, 5.74) is -1.18. The summed E-state index contributed by atoms with van der Waals surface area (Å²) >= 11 is 0. The smallest absolute Gasteiger partial charge is 0.366 e. The van der Waals surface area contributed by atoms with Crippen LogP contribution < -0.4 is 4.90 Å². The van der Waals surface area contributed by atoms with Crippen molar-refractivity contribution in [2.24, 2.45) is 5.92 Å². The van der Waals surface area contributed by atoms with Gasteiger partial charge in [0.05, 0.1) is 10.5 Å². The fourth-order valence-corrected chi connectivity index (χ4v) is 2.31. The second kappa shape index (κ2) is 5.91. The van der Waals surface area contributed by atoms with Gasteiger partial charge in [0.15, 0.2) is 0 Å². The van der Waals surface area contributed by atoms with Crippen molar-refractivity contribution in [1.82, 2.24) is 0 Å². The molecule has 1 aromatic rings. The molecule has 0 heterocycles. The van der Waals surface area contributed by atoms with Gasteiger partial charge in [0.1, 0.15) is 5.69 Å². The summed E-state index contributed by atoms with van der Waals surface area (Å²) in [5, 5.41) is 11.1. The lowest BCUT2D eigenvalue weighted by molar-refractivity contribution is -0.384. The lowest BCUT2D eigenvalue weighted by atomic mass is 10.1. The molecule has 0 bridgehead atoms. The van der Waals surface area contributed by atoms with Crippen LogP contribution in [0.4, 0.5) is 24.5 Å². The summed E-state index contributed by atoms with van der Waals surface area (Å²) in [6, 6.07) is 2.77. The number of hydrogen-bond acceptors (Lipinski definition) is 3. The SMILES string of the molecule is CCCN(CC1CC1)c1ccc(C(F)(F)F)cc1[N+](=O)[O-]. The van der Waals surface area contributed by atoms with E-state index in [-0.39, 0.29) is 5.69 Å². The molecule has 2 rings (SSSR count). The highest BCUT2D eigenvalue weighted by atomic mass is 19.4. The van der Waals surface area contributed by atoms with E-state index in [4.69, 9.17) is 0 Å². The van der Waals surface area contributed by atoms with Gasteiger partial charge in [-0.2, -0.15) is 13.2 Å². The van der Waals surface area contributed by atoms with Gasteiger partial charge in [0.25, 0.3) is 5.69 Å². The highest BCUT2D eigenvalue weighted by molar-refractivity contribution is 5.64. The molecule has 7 heteroatoms. The summed E-state index contributed by atoms with van der Waals surface area (Å²) in [6.07, 6.45) is -1.64. The molecule has 0 radical (unpaired) electrons. The van der Waals surface area contributed by atoms with Crippen molar-refractivity contribution < 1.29 is 18.1 Å². The minimum absolute atomic E-state index is 0.279. The molecule has 1 fully saturated rings. The maximum absolute atomic E-state index is 12.7. The average Bonchev–Trinajstić information content (AvgIpc) is 3.20. The van der Waals surface area contributed by atoms with Crippen LogP contribution in [0.25, 0.3) is 0 Å². The van der Waals surface area contributed by atoms with Crippen LogP contribution in [-0.4, -0.2) is 18.0 Å². The molecule has 0 atom stereocenters. The third kappa shape index (κ3) is 3.86. The monoisotopic (exact) mass is 302 g/mol. The third-order valence-electron chi connectivity index (χ3n) is 3.51. The number of anilines is 1. The molecular formula is C14H17F3N2O2. The van der Waals surface area contributed by atoms with Gasteiger partial charge in [0, 0.05) is 19.2 Å². The van der Waals surface area contributed by atoms with E-state index >= 15 is 0 Å². The normalized spacial score (nSPS) is 15.0. The maximum atomic E-state index is 12.7. The number of halogens is 3. The van der Waals surface area contributed by atoms with Crippen molar-refractivity contribution in [2.75, 3.05) is 18.0 Å². The number of alkyl halides is 3. The van der Waals surface area contributed by atoms with E-state index in [1.807, 2.05) is 11.8 Å². The first-order valence-corrected chi connectivity index (χ1v) is 6.93. The Balaban J connectivity index is 2.37. The van der Waals surface area contributed by atoms with Crippen molar-refractivity contribution in [2.45, 2.75) is 32.4 Å². The fourth-order valence-electron chi connectivity index (χ4n) is 2.31. The molecule has 0 saturated heterocycles. The van der Waals surface area contributed by atoms with Crippen LogP contribution in [0.3, 0.4) is 0 Å². The Hall–Kier alpha value is -1.79. The van der Waals surface area contributed by atoms with Gasteiger partial charge in [-0.3, -0.25) is 10.1 Å². The summed E-state index contributed by atoms with van der Waals surface area (Å²) < 4.78 is 38.1. The first kappa shape index (κ1) is 15.6. The van der Waals surface area contributed by atoms with E-state index in [1.165, 1.54) is 6.07 Å². The standard InChI is InChI=1S/C14H17F3N2O2/c1-2-7-18(9-10-3-4-10)12-6-5-11(14(15,16)17)8-13(12)19(20)21/h5-6,8,10H,2-4,7,9H2,1H3. The van der Waals surface area contributed by atoms with Crippen LogP contribution in [-0.2, 0) is 6.18 Å². The van der Waals surface area contributed by atoms with E-state index < -0.39 is 22.4 Å². The van der Waals surface area contributed by atoms with Gasteiger partial charge in [-0.25, -0.2) is 0 Å². The number of benzene rings is 1. The first-order valence-electron chi connectivity index (χ1n) is 6.93. The second-order valence-corrected chi connectivity index (χ2v) is 5.35. The number of hydrogen-bond donors (Lipinski definition) is 0. The van der Waals surface area contributed by atoms with E-state index in [1.54, 1.807) is 0 Å². The predicted molar refractivity (Wildman–Crippen MR) is 73.3 cm³/mol. The van der Waals surface area contributed by atoms with E-state index in [0.717, 1.165) is 25.3 Å². The zero-order valence-electron chi connectivity index (χ0n) is 11.7. The van der Waals surface area contributed by atoms with Crippen LogP contribution in [0.2, 0.25) is 0 Å². The van der Waals surface area contributed by atoms with Gasteiger partial charge < -0.3 is 4.90 Å². The minimum Gasteiger partial charge on any atom is -0.366 e. The lowest BCUT2D eigenvalue weighted by Crippen LogP contribution is -2.27. The Bertz CT molecular complexity index is 527. The molecule has 0 spiro atoms. The molecule has 0 unspecified atom stereocenters. The molecule has 1 aromatic carbocycles. The van der Waals surface area contributed by atoms with Crippen LogP contribution in [0.1, 0.15) is 31.7 Å². The maximum Gasteiger partial charge on any atom is 0.416 e. The Labute approximate surface area is 120 Å². The number of nitrogens with zero attached hydrogens (tertiary/aromatic N) is 2. The average molecular weight is 302 g/mol. The van der Waals surface area contributed by atoms with Crippen molar-refractivity contribution in [3.8, 4) is 0 Å². The molecule has 21 heavy (non-hydrogen) atoms. The Kier molecular flexibility index (Phi) is 4.39. The molecule has 4 nitrogen and oxygen atoms in total. The van der Waals surface area contributed by atoms with Crippen molar-refractivity contribution in [3.63, 3.8) is 0 Å². The Morgan fingerprint density at radius 3 is 2.52 bits per heavy atom. The molecule has 1 saturated carbocycles. The van der Waals surface area contributed by atoms with Crippen molar-refractivity contribution in [1.29, 1.82) is 0 Å². The van der Waals surface area contributed by atoms with Crippen LogP contribution in [0, 0.1) is 16.0 Å². The molecule has 0 N–H and O–H groups in total. The van der Waals surface area contributed by atoms with Gasteiger partial charge in [-0.15, -0.1) is 0 Å². The van der Waals surface area contributed by atoms with Crippen LogP contribution in [0.5, 0.6) is 0 Å². The molecule has 1 aliphatic carbocycles. The minimum atomic E-state index is -4.57. The predicted octanol–water partition coefficient (Wildman–Crippen LogP) is 4.24. The van der Waals surface area contributed by atoms with Gasteiger partial charge in [-0.1, -0.05) is 6.92 Å². The van der Waals surface area contributed by atoms with Crippen molar-refractivity contribution >= 4 is 11.4 Å². The topological polar surface area (TPSA) is 46.4 Å². The quantitative estimate of drug-likeness (QED) is 0.583. The molecule has 0 amide bonds. The first-order chi connectivity index (χ1) is 9.82. The van der Waals surface area contributed by atoms with Crippen molar-refractivity contribution in [3.05, 3.63) is 33.9 Å². The molecule has 0 aromatic heterocycles. The van der Waals surface area contributed by atoms with Gasteiger partial charge in [-0.05, 0) is 37.3 Å². The zero-order chi connectivity index (χ0) is 15.6. The Morgan fingerprint density at radius 2 is 2.05 bits per heavy atom. The number of nitro groups is 1. The van der Waals surface area contributed by atoms with E-state index in [0.29, 0.717) is 25.1 Å². The highest BCUT2D eigenvalue weighted by Gasteiger charge is 2.34. The Morgan fingerprint density at radius 1 is 1.38 bits per heavy atom. The lowest BCUT2D eigenvalue weighted by Gasteiger charge is -2.24. The summed E-state index contributed by atoms with van der Waals surface area (Å²) in [4.78, 5) is 12.2. The summed E-state index contributed by atoms with van der Waals surface area (Å²) in [5.74, 6) is 0.499. The largest absolute Gasteiger partial charge is 0.416 e. The number of rotatable bonds is 6. The summed E-state index contributed by atoms with van der Waals surface area (Å²) in [6.45, 7) is 3.21. The number of nitro benzene ring substituents is 1. The second-order valence-electron chi connectivity index (χ2n) is 5.35. The molecule has 116 valence electrons. The molecule has 1 aliphatic rings. The third-order valence-corrected chi connectivity index (χ3v) is 3.51. The highest BCUT2D eigenvalue weighted by Crippen LogP contribution is 2.38. The summed E-state index contributed by atoms with van der Waals surface area (Å²) in [7, 11) is 0. The van der Waals surface area contributed by atoms with E-state index in [9.17, 15) is 23.3 Å². The van der Waals surface area contributed by atoms with Gasteiger partial charge >= 0.3 is 6.18 Å². The zero-order valence-corrected chi connectivity index (χ0v) is 11.7. The van der Waals surface area contributed by atoms with Gasteiger partial charge in [0.2, 0.25) is 0 Å². The molecular weight excluding hydrogens is 285 g/mol. The van der Waals surface area contributed by atoms with Crippen LogP contribution >= 0.6 is 0 Å². The van der Waals surface area contributed by atoms with E-state index in [2.05, 4.69) is 0 Å². The molecule has 0 aliphatic heterocycles.